The lowest BCUT2D eigenvalue weighted by molar-refractivity contribution is -0.125. The van der Waals surface area contributed by atoms with Crippen LogP contribution in [0.1, 0.15) is 38.2 Å². The van der Waals surface area contributed by atoms with Crippen molar-refractivity contribution in [1.82, 2.24) is 15.2 Å². The second-order valence-corrected chi connectivity index (χ2v) is 5.53. The molecule has 0 aliphatic carbocycles. The quantitative estimate of drug-likeness (QED) is 0.780. The van der Waals surface area contributed by atoms with E-state index in [-0.39, 0.29) is 11.9 Å². The summed E-state index contributed by atoms with van der Waals surface area (Å²) in [7, 11) is 2.00. The van der Waals surface area contributed by atoms with E-state index in [0.717, 1.165) is 37.8 Å². The fraction of sp³-hybridized carbons (Fsp3) is 0.625. The Bertz CT molecular complexity index is 465. The fourth-order valence-corrected chi connectivity index (χ4v) is 2.54. The van der Waals surface area contributed by atoms with Crippen molar-refractivity contribution in [2.75, 3.05) is 20.2 Å². The molecule has 1 atom stereocenters. The second kappa shape index (κ2) is 7.98. The van der Waals surface area contributed by atoms with Gasteiger partial charge in [0.2, 0.25) is 11.8 Å². The predicted octanol–water partition coefficient (Wildman–Crippen LogP) is 1.97. The van der Waals surface area contributed by atoms with E-state index >= 15 is 0 Å². The molecule has 1 saturated heterocycles. The highest BCUT2D eigenvalue weighted by Gasteiger charge is 2.27. The van der Waals surface area contributed by atoms with Crippen LogP contribution in [0.3, 0.4) is 0 Å². The summed E-state index contributed by atoms with van der Waals surface area (Å²) in [5.41, 5.74) is 0.933. The van der Waals surface area contributed by atoms with Crippen molar-refractivity contribution >= 4 is 5.91 Å². The molecular weight excluding hydrogens is 266 g/mol. The number of likely N-dealkylation sites (tertiary alicyclic amines) is 1. The van der Waals surface area contributed by atoms with Gasteiger partial charge >= 0.3 is 0 Å². The van der Waals surface area contributed by atoms with Gasteiger partial charge in [0.15, 0.2) is 0 Å². The van der Waals surface area contributed by atoms with E-state index in [1.807, 2.05) is 19.2 Å². The number of carbonyl (C=O) groups is 1. The van der Waals surface area contributed by atoms with Crippen molar-refractivity contribution in [2.24, 2.45) is 0 Å². The number of nitrogens with zero attached hydrogens (tertiary/aromatic N) is 2. The summed E-state index contributed by atoms with van der Waals surface area (Å²) < 4.78 is 5.68. The van der Waals surface area contributed by atoms with Crippen LogP contribution in [-0.2, 0) is 11.3 Å². The van der Waals surface area contributed by atoms with E-state index in [9.17, 15) is 4.79 Å². The average Bonchev–Trinajstić information content (AvgIpc) is 2.92. The summed E-state index contributed by atoms with van der Waals surface area (Å²) in [6.07, 6.45) is 5.85. The molecule has 116 valence electrons. The first-order valence-electron chi connectivity index (χ1n) is 7.77. The van der Waals surface area contributed by atoms with Crippen LogP contribution in [0, 0.1) is 0 Å². The van der Waals surface area contributed by atoms with Crippen LogP contribution in [0.2, 0.25) is 0 Å². The van der Waals surface area contributed by atoms with Gasteiger partial charge in [0.1, 0.15) is 0 Å². The predicted molar refractivity (Wildman–Crippen MR) is 82.1 cm³/mol. The number of unbranched alkanes of at least 4 members (excludes halogenated alkanes) is 1. The lowest BCUT2D eigenvalue weighted by Crippen LogP contribution is -2.41. The standard InChI is InChI=1S/C16H25N3O2/c1-3-4-11-21-16-13(7-5-9-17-16)12-18-15(20)14-8-6-10-19(14)2/h5,7,9,14H,3-4,6,8,10-12H2,1-2H3,(H,18,20)/t14-/m1/s1. The largest absolute Gasteiger partial charge is 0.477 e. The molecule has 0 radical (unpaired) electrons. The Morgan fingerprint density at radius 1 is 1.57 bits per heavy atom. The monoisotopic (exact) mass is 291 g/mol. The van der Waals surface area contributed by atoms with Gasteiger partial charge < -0.3 is 10.1 Å². The second-order valence-electron chi connectivity index (χ2n) is 5.53. The Labute approximate surface area is 126 Å². The molecular formula is C16H25N3O2. The average molecular weight is 291 g/mol. The molecule has 1 aliphatic rings. The van der Waals surface area contributed by atoms with E-state index in [0.29, 0.717) is 19.0 Å². The highest BCUT2D eigenvalue weighted by molar-refractivity contribution is 5.82. The number of pyridine rings is 1. The van der Waals surface area contributed by atoms with Gasteiger partial charge in [-0.3, -0.25) is 9.69 Å². The molecule has 0 aromatic carbocycles. The smallest absolute Gasteiger partial charge is 0.237 e. The summed E-state index contributed by atoms with van der Waals surface area (Å²) >= 11 is 0. The molecule has 0 unspecified atom stereocenters. The molecule has 2 heterocycles. The molecule has 0 saturated carbocycles. The van der Waals surface area contributed by atoms with Crippen LogP contribution in [-0.4, -0.2) is 42.0 Å². The van der Waals surface area contributed by atoms with Crippen molar-refractivity contribution in [2.45, 2.75) is 45.2 Å². The number of amides is 1. The Balaban J connectivity index is 1.88. The molecule has 1 fully saturated rings. The number of aromatic nitrogens is 1. The third-order valence-electron chi connectivity index (χ3n) is 3.86. The maximum atomic E-state index is 12.2. The first-order chi connectivity index (χ1) is 10.2. The van der Waals surface area contributed by atoms with Crippen LogP contribution in [0.4, 0.5) is 0 Å². The zero-order valence-electron chi connectivity index (χ0n) is 13.0. The Hall–Kier alpha value is -1.62. The van der Waals surface area contributed by atoms with Gasteiger partial charge in [0.25, 0.3) is 0 Å². The number of hydrogen-bond acceptors (Lipinski definition) is 4. The molecule has 0 bridgehead atoms. The van der Waals surface area contributed by atoms with E-state index < -0.39 is 0 Å². The van der Waals surface area contributed by atoms with Gasteiger partial charge in [-0.2, -0.15) is 0 Å². The van der Waals surface area contributed by atoms with Crippen molar-refractivity contribution in [1.29, 1.82) is 0 Å². The summed E-state index contributed by atoms with van der Waals surface area (Å²) in [6.45, 7) is 4.26. The molecule has 5 nitrogen and oxygen atoms in total. The molecule has 1 aromatic heterocycles. The molecule has 5 heteroatoms. The number of nitrogens with one attached hydrogen (secondary N) is 1. The van der Waals surface area contributed by atoms with E-state index in [4.69, 9.17) is 4.74 Å². The summed E-state index contributed by atoms with van der Waals surface area (Å²) in [5.74, 6) is 0.726. The Morgan fingerprint density at radius 2 is 2.43 bits per heavy atom. The van der Waals surface area contributed by atoms with Gasteiger partial charge in [0, 0.05) is 18.3 Å². The Morgan fingerprint density at radius 3 is 3.14 bits per heavy atom. The Kier molecular flexibility index (Phi) is 5.99. The summed E-state index contributed by atoms with van der Waals surface area (Å²) in [5, 5.41) is 3.00. The summed E-state index contributed by atoms with van der Waals surface area (Å²) in [4.78, 5) is 18.6. The molecule has 1 aliphatic heterocycles. The van der Waals surface area contributed by atoms with Crippen LogP contribution in [0.15, 0.2) is 18.3 Å². The van der Waals surface area contributed by atoms with Gasteiger partial charge in [-0.1, -0.05) is 19.4 Å². The van der Waals surface area contributed by atoms with Crippen molar-refractivity contribution < 1.29 is 9.53 Å². The van der Waals surface area contributed by atoms with Crippen molar-refractivity contribution in [3.63, 3.8) is 0 Å². The third kappa shape index (κ3) is 4.43. The number of carbonyl (C=O) groups excluding carboxylic acids is 1. The zero-order chi connectivity index (χ0) is 15.1. The minimum Gasteiger partial charge on any atom is -0.477 e. The minimum atomic E-state index is 0.00568. The molecule has 21 heavy (non-hydrogen) atoms. The van der Waals surface area contributed by atoms with Crippen molar-refractivity contribution in [3.05, 3.63) is 23.9 Å². The van der Waals surface area contributed by atoms with Crippen LogP contribution in [0.25, 0.3) is 0 Å². The number of rotatable bonds is 7. The van der Waals surface area contributed by atoms with Gasteiger partial charge in [-0.25, -0.2) is 4.98 Å². The molecule has 1 N–H and O–H groups in total. The number of likely N-dealkylation sites (N-methyl/N-ethyl adjacent to an activating group) is 1. The number of hydrogen-bond donors (Lipinski definition) is 1. The third-order valence-corrected chi connectivity index (χ3v) is 3.86. The highest BCUT2D eigenvalue weighted by atomic mass is 16.5. The summed E-state index contributed by atoms with van der Waals surface area (Å²) in [6, 6.07) is 3.83. The first-order valence-corrected chi connectivity index (χ1v) is 7.77. The maximum absolute atomic E-state index is 12.2. The van der Waals surface area contributed by atoms with Gasteiger partial charge in [-0.15, -0.1) is 0 Å². The van der Waals surface area contributed by atoms with E-state index in [1.54, 1.807) is 6.20 Å². The lowest BCUT2D eigenvalue weighted by Gasteiger charge is -2.19. The molecule has 0 spiro atoms. The highest BCUT2D eigenvalue weighted by Crippen LogP contribution is 2.17. The molecule has 1 amide bonds. The maximum Gasteiger partial charge on any atom is 0.237 e. The topological polar surface area (TPSA) is 54.5 Å². The van der Waals surface area contributed by atoms with Gasteiger partial charge in [-0.05, 0) is 38.9 Å². The van der Waals surface area contributed by atoms with Crippen LogP contribution >= 0.6 is 0 Å². The van der Waals surface area contributed by atoms with Gasteiger partial charge in [0.05, 0.1) is 12.6 Å². The van der Waals surface area contributed by atoms with E-state index in [2.05, 4.69) is 22.1 Å². The van der Waals surface area contributed by atoms with Crippen LogP contribution < -0.4 is 10.1 Å². The normalized spacial score (nSPS) is 18.7. The zero-order valence-corrected chi connectivity index (χ0v) is 13.0. The SMILES string of the molecule is CCCCOc1ncccc1CNC(=O)[C@H]1CCCN1C. The number of ether oxygens (including phenoxy) is 1. The first kappa shape index (κ1) is 15.8. The minimum absolute atomic E-state index is 0.00568. The molecule has 1 aromatic rings. The van der Waals surface area contributed by atoms with Crippen molar-refractivity contribution in [3.8, 4) is 5.88 Å². The van der Waals surface area contributed by atoms with E-state index in [1.165, 1.54) is 0 Å². The molecule has 2 rings (SSSR count). The lowest BCUT2D eigenvalue weighted by atomic mass is 10.2. The fourth-order valence-electron chi connectivity index (χ4n) is 2.54. The van der Waals surface area contributed by atoms with Crippen LogP contribution in [0.5, 0.6) is 5.88 Å².